The number of carbonyl (C=O) groups is 1. The molecule has 0 unspecified atom stereocenters. The van der Waals surface area contributed by atoms with Gasteiger partial charge in [0.2, 0.25) is 0 Å². The Kier molecular flexibility index (Phi) is 3.45. The van der Waals surface area contributed by atoms with Crippen LogP contribution in [0.2, 0.25) is 0 Å². The fraction of sp³-hybridized carbons (Fsp3) is 0.588. The second-order valence-electron chi connectivity index (χ2n) is 6.48. The van der Waals surface area contributed by atoms with Crippen LogP contribution < -0.4 is 10.6 Å². The minimum absolute atomic E-state index is 0.00713. The smallest absolute Gasteiger partial charge is 0.315 e. The van der Waals surface area contributed by atoms with Gasteiger partial charge in [-0.3, -0.25) is 0 Å². The third-order valence-corrected chi connectivity index (χ3v) is 5.24. The molecule has 3 nitrogen and oxygen atoms in total. The minimum atomic E-state index is 0.00713. The van der Waals surface area contributed by atoms with Crippen molar-refractivity contribution in [2.24, 2.45) is 0 Å². The summed E-state index contributed by atoms with van der Waals surface area (Å²) >= 11 is 0. The molecule has 0 bridgehead atoms. The monoisotopic (exact) mass is 272 g/mol. The van der Waals surface area contributed by atoms with Crippen molar-refractivity contribution < 1.29 is 4.79 Å². The molecule has 1 aromatic carbocycles. The van der Waals surface area contributed by atoms with Crippen LogP contribution in [0, 0.1) is 0 Å². The standard InChI is InChI=1S/C17H24N2O/c1-2-8-16(14-6-4-3-5-7-14)9-11-17(12-10-16)13-18-15(20)19-17/h3-7H,2,8-13H2,1H3,(H2,18,19,20). The Hall–Kier alpha value is -1.51. The Balaban J connectivity index is 1.80. The molecule has 1 saturated heterocycles. The van der Waals surface area contributed by atoms with Gasteiger partial charge in [-0.15, -0.1) is 0 Å². The van der Waals surface area contributed by atoms with E-state index in [0.29, 0.717) is 5.41 Å². The highest BCUT2D eigenvalue weighted by Gasteiger charge is 2.46. The molecule has 3 heteroatoms. The Bertz CT molecular complexity index is 475. The maximum Gasteiger partial charge on any atom is 0.315 e. The lowest BCUT2D eigenvalue weighted by atomic mass is 9.62. The lowest BCUT2D eigenvalue weighted by molar-refractivity contribution is 0.178. The molecule has 3 rings (SSSR count). The molecule has 1 spiro atoms. The topological polar surface area (TPSA) is 41.1 Å². The van der Waals surface area contributed by atoms with Gasteiger partial charge in [0, 0.05) is 6.54 Å². The number of amides is 2. The van der Waals surface area contributed by atoms with Crippen molar-refractivity contribution in [2.45, 2.75) is 56.4 Å². The van der Waals surface area contributed by atoms with Crippen LogP contribution in [0.15, 0.2) is 30.3 Å². The summed E-state index contributed by atoms with van der Waals surface area (Å²) in [7, 11) is 0. The van der Waals surface area contributed by atoms with Crippen molar-refractivity contribution in [2.75, 3.05) is 6.54 Å². The molecule has 2 amide bonds. The third-order valence-electron chi connectivity index (χ3n) is 5.24. The van der Waals surface area contributed by atoms with Gasteiger partial charge in [-0.2, -0.15) is 0 Å². The zero-order chi connectivity index (χ0) is 14.1. The van der Waals surface area contributed by atoms with Gasteiger partial charge in [0.25, 0.3) is 0 Å². The van der Waals surface area contributed by atoms with Crippen molar-refractivity contribution >= 4 is 6.03 Å². The van der Waals surface area contributed by atoms with Crippen molar-refractivity contribution in [1.82, 2.24) is 10.6 Å². The normalized spacial score (nSPS) is 33.0. The molecular formula is C17H24N2O. The van der Waals surface area contributed by atoms with E-state index in [1.54, 1.807) is 0 Å². The first-order valence-electron chi connectivity index (χ1n) is 7.80. The van der Waals surface area contributed by atoms with Crippen LogP contribution in [0.4, 0.5) is 4.79 Å². The molecule has 1 aromatic rings. The summed E-state index contributed by atoms with van der Waals surface area (Å²) in [4.78, 5) is 11.5. The third kappa shape index (κ3) is 2.30. The van der Waals surface area contributed by atoms with Crippen LogP contribution in [0.25, 0.3) is 0 Å². The van der Waals surface area contributed by atoms with E-state index in [1.807, 2.05) is 0 Å². The summed E-state index contributed by atoms with van der Waals surface area (Å²) in [6, 6.07) is 11.0. The van der Waals surface area contributed by atoms with E-state index in [-0.39, 0.29) is 11.6 Å². The predicted octanol–water partition coefficient (Wildman–Crippen LogP) is 3.35. The Morgan fingerprint density at radius 3 is 2.35 bits per heavy atom. The van der Waals surface area contributed by atoms with Crippen molar-refractivity contribution in [3.63, 3.8) is 0 Å². The number of hydrogen-bond acceptors (Lipinski definition) is 1. The fourth-order valence-electron chi connectivity index (χ4n) is 4.04. The highest BCUT2D eigenvalue weighted by molar-refractivity contribution is 5.77. The van der Waals surface area contributed by atoms with Crippen LogP contribution >= 0.6 is 0 Å². The summed E-state index contributed by atoms with van der Waals surface area (Å²) < 4.78 is 0. The maximum atomic E-state index is 11.5. The van der Waals surface area contributed by atoms with E-state index in [0.717, 1.165) is 19.4 Å². The molecule has 0 aromatic heterocycles. The molecule has 1 saturated carbocycles. The van der Waals surface area contributed by atoms with E-state index < -0.39 is 0 Å². The van der Waals surface area contributed by atoms with Gasteiger partial charge in [-0.1, -0.05) is 43.7 Å². The SMILES string of the molecule is CCCC1(c2ccccc2)CCC2(CC1)CNC(=O)N2. The van der Waals surface area contributed by atoms with Crippen LogP contribution in [-0.2, 0) is 5.41 Å². The maximum absolute atomic E-state index is 11.5. The molecule has 2 aliphatic rings. The number of urea groups is 1. The molecule has 2 N–H and O–H groups in total. The molecule has 0 radical (unpaired) electrons. The van der Waals surface area contributed by atoms with E-state index in [9.17, 15) is 4.79 Å². The van der Waals surface area contributed by atoms with E-state index in [4.69, 9.17) is 0 Å². The first-order chi connectivity index (χ1) is 9.68. The van der Waals surface area contributed by atoms with Crippen molar-refractivity contribution in [3.8, 4) is 0 Å². The van der Waals surface area contributed by atoms with Gasteiger partial charge in [-0.05, 0) is 43.1 Å². The van der Waals surface area contributed by atoms with Crippen LogP contribution in [0.3, 0.4) is 0 Å². The predicted molar refractivity (Wildman–Crippen MR) is 80.8 cm³/mol. The fourth-order valence-corrected chi connectivity index (χ4v) is 4.04. The zero-order valence-electron chi connectivity index (χ0n) is 12.2. The summed E-state index contributed by atoms with van der Waals surface area (Å²) in [5.41, 5.74) is 1.81. The van der Waals surface area contributed by atoms with E-state index in [1.165, 1.54) is 31.2 Å². The van der Waals surface area contributed by atoms with E-state index in [2.05, 4.69) is 47.9 Å². The van der Waals surface area contributed by atoms with Crippen LogP contribution in [0.5, 0.6) is 0 Å². The molecule has 1 aliphatic heterocycles. The summed E-state index contributed by atoms with van der Waals surface area (Å²) in [5, 5.41) is 6.08. The second-order valence-corrected chi connectivity index (χ2v) is 6.48. The van der Waals surface area contributed by atoms with Crippen molar-refractivity contribution in [3.05, 3.63) is 35.9 Å². The molecule has 2 fully saturated rings. The number of rotatable bonds is 3. The molecular weight excluding hydrogens is 248 g/mol. The summed E-state index contributed by atoms with van der Waals surface area (Å²) in [6.45, 7) is 3.07. The molecule has 1 heterocycles. The highest BCUT2D eigenvalue weighted by atomic mass is 16.2. The molecule has 20 heavy (non-hydrogen) atoms. The number of nitrogens with one attached hydrogen (secondary N) is 2. The first-order valence-corrected chi connectivity index (χ1v) is 7.80. The molecule has 1 aliphatic carbocycles. The van der Waals surface area contributed by atoms with Gasteiger partial charge in [0.15, 0.2) is 0 Å². The molecule has 108 valence electrons. The zero-order valence-corrected chi connectivity index (χ0v) is 12.2. The average molecular weight is 272 g/mol. The first kappa shape index (κ1) is 13.5. The average Bonchev–Trinajstić information content (AvgIpc) is 2.84. The Morgan fingerprint density at radius 1 is 1.10 bits per heavy atom. The number of carbonyl (C=O) groups excluding carboxylic acids is 1. The number of benzene rings is 1. The number of hydrogen-bond donors (Lipinski definition) is 2. The van der Waals surface area contributed by atoms with Gasteiger partial charge in [0.1, 0.15) is 0 Å². The Morgan fingerprint density at radius 2 is 1.80 bits per heavy atom. The van der Waals surface area contributed by atoms with E-state index >= 15 is 0 Å². The van der Waals surface area contributed by atoms with Gasteiger partial charge in [-0.25, -0.2) is 4.79 Å². The van der Waals surface area contributed by atoms with Gasteiger partial charge >= 0.3 is 6.03 Å². The lowest BCUT2D eigenvalue weighted by Crippen LogP contribution is -2.49. The van der Waals surface area contributed by atoms with Gasteiger partial charge in [0.05, 0.1) is 5.54 Å². The molecule has 0 atom stereocenters. The minimum Gasteiger partial charge on any atom is -0.336 e. The van der Waals surface area contributed by atoms with Gasteiger partial charge < -0.3 is 10.6 Å². The largest absolute Gasteiger partial charge is 0.336 e. The Labute approximate surface area is 121 Å². The highest BCUT2D eigenvalue weighted by Crippen LogP contribution is 2.46. The van der Waals surface area contributed by atoms with Crippen LogP contribution in [0.1, 0.15) is 51.0 Å². The second kappa shape index (κ2) is 5.12. The van der Waals surface area contributed by atoms with Crippen molar-refractivity contribution in [1.29, 1.82) is 0 Å². The lowest BCUT2D eigenvalue weighted by Gasteiger charge is -2.45. The summed E-state index contributed by atoms with van der Waals surface area (Å²) in [5.74, 6) is 0. The van der Waals surface area contributed by atoms with Crippen LogP contribution in [-0.4, -0.2) is 18.1 Å². The summed E-state index contributed by atoms with van der Waals surface area (Å²) in [6.07, 6.45) is 6.97. The quantitative estimate of drug-likeness (QED) is 0.870.